The topological polar surface area (TPSA) is 79.5 Å². The number of ether oxygens (including phenoxy) is 1. The lowest BCUT2D eigenvalue weighted by Crippen LogP contribution is -2.37. The van der Waals surface area contributed by atoms with Crippen LogP contribution in [-0.4, -0.2) is 32.5 Å². The minimum absolute atomic E-state index is 0.146. The van der Waals surface area contributed by atoms with Crippen molar-refractivity contribution in [3.8, 4) is 0 Å². The number of sulfonamides is 1. The number of nitrogens with zero attached hydrogens (tertiary/aromatic N) is 1. The van der Waals surface area contributed by atoms with Crippen LogP contribution in [0.25, 0.3) is 10.9 Å². The van der Waals surface area contributed by atoms with E-state index in [0.717, 1.165) is 21.6 Å². The van der Waals surface area contributed by atoms with Gasteiger partial charge in [-0.15, -0.1) is 0 Å². The van der Waals surface area contributed by atoms with Crippen molar-refractivity contribution in [2.75, 3.05) is 17.5 Å². The van der Waals surface area contributed by atoms with Crippen LogP contribution in [0.1, 0.15) is 19.8 Å². The third-order valence-corrected chi connectivity index (χ3v) is 6.82. The molecule has 1 N–H and O–H groups in total. The van der Waals surface area contributed by atoms with Gasteiger partial charge in [-0.1, -0.05) is 48.1 Å². The number of H-pyrrole nitrogens is 1. The Morgan fingerprint density at radius 1 is 1.10 bits per heavy atom. The molecule has 10 heteroatoms. The van der Waals surface area contributed by atoms with Crippen LogP contribution in [0.3, 0.4) is 0 Å². The lowest BCUT2D eigenvalue weighted by Gasteiger charge is -2.25. The monoisotopic (exact) mass is 488 g/mol. The Balaban J connectivity index is 2.08. The number of nitrogens with one attached hydrogen (secondary N) is 1. The van der Waals surface area contributed by atoms with Gasteiger partial charge in [-0.3, -0.25) is 9.10 Å². The maximum absolute atomic E-state index is 13.5. The molecule has 30 heavy (non-hydrogen) atoms. The van der Waals surface area contributed by atoms with Gasteiger partial charge in [-0.05, 0) is 42.8 Å². The van der Waals surface area contributed by atoms with Crippen molar-refractivity contribution in [1.82, 2.24) is 4.98 Å². The molecule has 0 aliphatic carbocycles. The van der Waals surface area contributed by atoms with Crippen molar-refractivity contribution >= 4 is 67.4 Å². The molecule has 0 spiro atoms. The van der Waals surface area contributed by atoms with Crippen molar-refractivity contribution in [3.05, 3.63) is 57.7 Å². The fourth-order valence-corrected chi connectivity index (χ4v) is 5.31. The van der Waals surface area contributed by atoms with E-state index in [0.29, 0.717) is 6.42 Å². The fraction of sp³-hybridized carbons (Fsp3) is 0.250. The lowest BCUT2D eigenvalue weighted by molar-refractivity contribution is -0.141. The number of carbonyl (C=O) groups excluding carboxylic acids is 1. The van der Waals surface area contributed by atoms with E-state index in [1.165, 1.54) is 18.2 Å². The van der Waals surface area contributed by atoms with E-state index < -0.39 is 22.5 Å². The number of rotatable bonds is 8. The van der Waals surface area contributed by atoms with E-state index in [1.807, 2.05) is 6.92 Å². The van der Waals surface area contributed by atoms with E-state index in [1.54, 1.807) is 24.4 Å². The second-order valence-corrected chi connectivity index (χ2v) is 9.70. The largest absolute Gasteiger partial charge is 0.464 e. The highest BCUT2D eigenvalue weighted by molar-refractivity contribution is 7.92. The average Bonchev–Trinajstić information content (AvgIpc) is 3.12. The molecule has 0 radical (unpaired) electrons. The number of aromatic amines is 1. The summed E-state index contributed by atoms with van der Waals surface area (Å²) in [5, 5.41) is 1.19. The minimum Gasteiger partial charge on any atom is -0.464 e. The molecule has 0 saturated heterocycles. The number of benzene rings is 2. The first kappa shape index (κ1) is 22.7. The normalized spacial score (nSPS) is 11.6. The molecule has 1 aromatic heterocycles. The van der Waals surface area contributed by atoms with Gasteiger partial charge in [0.25, 0.3) is 10.0 Å². The van der Waals surface area contributed by atoms with Crippen LogP contribution in [0, 0.1) is 0 Å². The highest BCUT2D eigenvalue weighted by atomic mass is 35.5. The van der Waals surface area contributed by atoms with Gasteiger partial charge >= 0.3 is 5.97 Å². The van der Waals surface area contributed by atoms with Gasteiger partial charge in [0.2, 0.25) is 0 Å². The highest BCUT2D eigenvalue weighted by Gasteiger charge is 2.30. The maximum atomic E-state index is 13.5. The van der Waals surface area contributed by atoms with Gasteiger partial charge in [0.15, 0.2) is 0 Å². The molecule has 0 aliphatic heterocycles. The average molecular weight is 490 g/mol. The predicted molar refractivity (Wildman–Crippen MR) is 120 cm³/mol. The van der Waals surface area contributed by atoms with Crippen molar-refractivity contribution < 1.29 is 17.9 Å². The van der Waals surface area contributed by atoms with Crippen LogP contribution in [-0.2, 0) is 19.6 Å². The van der Waals surface area contributed by atoms with Crippen molar-refractivity contribution in [1.29, 1.82) is 0 Å². The smallest absolute Gasteiger partial charge is 0.326 e. The molecule has 0 aliphatic rings. The molecule has 0 fully saturated rings. The third kappa shape index (κ3) is 5.03. The molecule has 0 saturated carbocycles. The molecular formula is C20H19Cl3N2O4S. The summed E-state index contributed by atoms with van der Waals surface area (Å²) in [6, 6.07) is 8.92. The first-order chi connectivity index (χ1) is 14.2. The zero-order chi connectivity index (χ0) is 21.9. The van der Waals surface area contributed by atoms with E-state index in [4.69, 9.17) is 39.5 Å². The number of hydrogen-bond acceptors (Lipinski definition) is 4. The molecular weight excluding hydrogens is 471 g/mol. The highest BCUT2D eigenvalue weighted by Crippen LogP contribution is 2.35. The van der Waals surface area contributed by atoms with Gasteiger partial charge < -0.3 is 9.72 Å². The third-order valence-electron chi connectivity index (χ3n) is 4.35. The second kappa shape index (κ2) is 9.47. The molecule has 0 amide bonds. The Kier molecular flexibility index (Phi) is 7.18. The number of aromatic nitrogens is 1. The molecule has 3 aromatic rings. The van der Waals surface area contributed by atoms with Crippen LogP contribution in [0.2, 0.25) is 15.1 Å². The second-order valence-electron chi connectivity index (χ2n) is 6.56. The van der Waals surface area contributed by atoms with Gasteiger partial charge in [0, 0.05) is 27.1 Å². The quantitative estimate of drug-likeness (QED) is 0.327. The number of anilines is 1. The van der Waals surface area contributed by atoms with E-state index in [-0.39, 0.29) is 32.3 Å². The van der Waals surface area contributed by atoms with Crippen LogP contribution in [0.4, 0.5) is 5.69 Å². The number of esters is 1. The van der Waals surface area contributed by atoms with Gasteiger partial charge in [-0.2, -0.15) is 0 Å². The van der Waals surface area contributed by atoms with Crippen molar-refractivity contribution in [3.63, 3.8) is 0 Å². The Morgan fingerprint density at radius 2 is 1.80 bits per heavy atom. The Hall–Kier alpha value is -1.93. The minimum atomic E-state index is -4.23. The van der Waals surface area contributed by atoms with E-state index in [2.05, 4.69) is 4.98 Å². The summed E-state index contributed by atoms with van der Waals surface area (Å²) in [5.74, 6) is -0.689. The number of carbonyl (C=O) groups is 1. The molecule has 2 aromatic carbocycles. The summed E-state index contributed by atoms with van der Waals surface area (Å²) >= 11 is 18.4. The molecule has 0 unspecified atom stereocenters. The maximum Gasteiger partial charge on any atom is 0.326 e. The Bertz CT molecular complexity index is 1160. The van der Waals surface area contributed by atoms with Crippen molar-refractivity contribution in [2.24, 2.45) is 0 Å². The van der Waals surface area contributed by atoms with E-state index in [9.17, 15) is 13.2 Å². The van der Waals surface area contributed by atoms with Gasteiger partial charge in [0.05, 0.1) is 22.2 Å². The molecule has 3 rings (SSSR count). The van der Waals surface area contributed by atoms with Crippen LogP contribution in [0.15, 0.2) is 47.5 Å². The number of halogens is 3. The zero-order valence-corrected chi connectivity index (χ0v) is 19.1. The lowest BCUT2D eigenvalue weighted by atomic mass is 10.2. The standard InChI is InChI=1S/C20H19Cl3N2O4S/c1-2-3-6-29-20(26)12-25(19-7-13-4-5-24-18(13)11-17(19)23)30(27,28)16-9-14(21)8-15(22)10-16/h4-5,7-11,24H,2-3,6,12H2,1H3. The summed E-state index contributed by atoms with van der Waals surface area (Å²) in [7, 11) is -4.23. The summed E-state index contributed by atoms with van der Waals surface area (Å²) in [4.78, 5) is 15.3. The van der Waals surface area contributed by atoms with Gasteiger partial charge in [-0.25, -0.2) is 8.42 Å². The molecule has 0 atom stereocenters. The Morgan fingerprint density at radius 3 is 2.47 bits per heavy atom. The number of hydrogen-bond donors (Lipinski definition) is 1. The predicted octanol–water partition coefficient (Wildman–Crippen LogP) is 5.67. The van der Waals surface area contributed by atoms with Crippen LogP contribution >= 0.6 is 34.8 Å². The summed E-state index contributed by atoms with van der Waals surface area (Å²) in [6.07, 6.45) is 3.23. The SMILES string of the molecule is CCCCOC(=O)CN(c1cc2cc[nH]c2cc1Cl)S(=O)(=O)c1cc(Cl)cc(Cl)c1. The van der Waals surface area contributed by atoms with Gasteiger partial charge in [0.1, 0.15) is 6.54 Å². The Labute approximate surface area is 189 Å². The number of fused-ring (bicyclic) bond motifs is 1. The first-order valence-corrected chi connectivity index (χ1v) is 11.7. The summed E-state index contributed by atoms with van der Waals surface area (Å²) in [5.41, 5.74) is 0.879. The molecule has 160 valence electrons. The molecule has 6 nitrogen and oxygen atoms in total. The summed E-state index contributed by atoms with van der Waals surface area (Å²) < 4.78 is 33.0. The number of unbranched alkanes of at least 4 members (excludes halogenated alkanes) is 1. The van der Waals surface area contributed by atoms with Crippen molar-refractivity contribution in [2.45, 2.75) is 24.7 Å². The van der Waals surface area contributed by atoms with E-state index >= 15 is 0 Å². The van der Waals surface area contributed by atoms with Crippen LogP contribution < -0.4 is 4.31 Å². The first-order valence-electron chi connectivity index (χ1n) is 9.13. The molecule has 1 heterocycles. The fourth-order valence-electron chi connectivity index (χ4n) is 2.85. The molecule has 0 bridgehead atoms. The van der Waals surface area contributed by atoms with Crippen LogP contribution in [0.5, 0.6) is 0 Å². The summed E-state index contributed by atoms with van der Waals surface area (Å²) in [6.45, 7) is 1.61. The zero-order valence-electron chi connectivity index (χ0n) is 16.0.